The van der Waals surface area contributed by atoms with Crippen LogP contribution in [0.25, 0.3) is 0 Å². The van der Waals surface area contributed by atoms with Crippen molar-refractivity contribution in [1.29, 1.82) is 0 Å². The Kier molecular flexibility index (Phi) is 8.71. The summed E-state index contributed by atoms with van der Waals surface area (Å²) in [7, 11) is 1.45. The molecule has 8 nitrogen and oxygen atoms in total. The van der Waals surface area contributed by atoms with Crippen molar-refractivity contribution in [2.45, 2.75) is 32.3 Å². The van der Waals surface area contributed by atoms with Gasteiger partial charge in [-0.3, -0.25) is 15.3 Å². The van der Waals surface area contributed by atoms with E-state index in [1.165, 1.54) is 24.7 Å². The molecule has 30 heavy (non-hydrogen) atoms. The molecule has 0 fully saturated rings. The molecule has 2 aromatic rings. The number of rotatable bonds is 9. The van der Waals surface area contributed by atoms with Crippen molar-refractivity contribution in [3.63, 3.8) is 0 Å². The Morgan fingerprint density at radius 1 is 1.17 bits per heavy atom. The standard InChI is InChI=1S/C22H26N2O6/c1-15-8-11-17(12-9-15)23-22(27)30-19(6-4-3-5-7-21(26)24-28)16-10-13-20(29-2)18(25)14-16/h5,7-14,19,25,28H,3-4,6H2,1-2H3,(H,23,27)(H,24,26)/b7-5+/t19-/m1/s1. The third-order valence-corrected chi connectivity index (χ3v) is 4.34. The first-order valence-corrected chi connectivity index (χ1v) is 9.44. The molecule has 2 aromatic carbocycles. The van der Waals surface area contributed by atoms with E-state index in [9.17, 15) is 14.7 Å². The summed E-state index contributed by atoms with van der Waals surface area (Å²) >= 11 is 0. The Labute approximate surface area is 175 Å². The van der Waals surface area contributed by atoms with Gasteiger partial charge in [-0.2, -0.15) is 0 Å². The van der Waals surface area contributed by atoms with Gasteiger partial charge in [-0.1, -0.05) is 29.8 Å². The Morgan fingerprint density at radius 2 is 1.90 bits per heavy atom. The van der Waals surface area contributed by atoms with E-state index >= 15 is 0 Å². The van der Waals surface area contributed by atoms with Crippen LogP contribution in [0.3, 0.4) is 0 Å². The van der Waals surface area contributed by atoms with E-state index in [4.69, 9.17) is 14.7 Å². The zero-order valence-electron chi connectivity index (χ0n) is 16.9. The molecule has 0 bridgehead atoms. The topological polar surface area (TPSA) is 117 Å². The number of amides is 2. The Morgan fingerprint density at radius 3 is 2.53 bits per heavy atom. The van der Waals surface area contributed by atoms with E-state index in [2.05, 4.69) is 5.32 Å². The number of unbranched alkanes of at least 4 members (excludes halogenated alkanes) is 1. The first kappa shape index (κ1) is 22.8. The van der Waals surface area contributed by atoms with Crippen molar-refractivity contribution < 1.29 is 29.4 Å². The third kappa shape index (κ3) is 7.14. The average Bonchev–Trinajstić information content (AvgIpc) is 2.74. The first-order chi connectivity index (χ1) is 14.4. The number of anilines is 1. The fourth-order valence-corrected chi connectivity index (χ4v) is 2.76. The quantitative estimate of drug-likeness (QED) is 0.211. The smallest absolute Gasteiger partial charge is 0.412 e. The molecule has 2 rings (SSSR count). The Hall–Kier alpha value is -3.52. The van der Waals surface area contributed by atoms with Gasteiger partial charge in [0.1, 0.15) is 6.10 Å². The fraction of sp³-hybridized carbons (Fsp3) is 0.273. The summed E-state index contributed by atoms with van der Waals surface area (Å²) < 4.78 is 10.7. The van der Waals surface area contributed by atoms with Gasteiger partial charge in [0, 0.05) is 11.8 Å². The third-order valence-electron chi connectivity index (χ3n) is 4.34. The first-order valence-electron chi connectivity index (χ1n) is 9.44. The fourth-order valence-electron chi connectivity index (χ4n) is 2.76. The highest BCUT2D eigenvalue weighted by Crippen LogP contribution is 2.32. The lowest BCUT2D eigenvalue weighted by molar-refractivity contribution is -0.124. The molecule has 8 heteroatoms. The summed E-state index contributed by atoms with van der Waals surface area (Å²) in [4.78, 5) is 23.4. The highest BCUT2D eigenvalue weighted by Gasteiger charge is 2.18. The second-order valence-corrected chi connectivity index (χ2v) is 6.63. The van der Waals surface area contributed by atoms with Crippen LogP contribution in [0, 0.1) is 6.92 Å². The van der Waals surface area contributed by atoms with Crippen molar-refractivity contribution >= 4 is 17.7 Å². The van der Waals surface area contributed by atoms with Gasteiger partial charge in [0.15, 0.2) is 11.5 Å². The number of carbonyl (C=O) groups is 2. The number of hydrogen-bond donors (Lipinski definition) is 4. The lowest BCUT2D eigenvalue weighted by atomic mass is 10.0. The molecule has 0 saturated heterocycles. The number of aromatic hydroxyl groups is 1. The number of methoxy groups -OCH3 is 1. The lowest BCUT2D eigenvalue weighted by Gasteiger charge is -2.19. The number of benzene rings is 2. The van der Waals surface area contributed by atoms with Crippen LogP contribution < -0.4 is 15.5 Å². The van der Waals surface area contributed by atoms with E-state index in [1.807, 2.05) is 19.1 Å². The number of carbonyl (C=O) groups excluding carboxylic acids is 2. The summed E-state index contributed by atoms with van der Waals surface area (Å²) in [5.41, 5.74) is 3.82. The van der Waals surface area contributed by atoms with Gasteiger partial charge >= 0.3 is 6.09 Å². The second-order valence-electron chi connectivity index (χ2n) is 6.63. The molecule has 2 amide bonds. The van der Waals surface area contributed by atoms with Crippen LogP contribution in [-0.2, 0) is 9.53 Å². The molecule has 160 valence electrons. The molecule has 4 N–H and O–H groups in total. The number of phenolic OH excluding ortho intramolecular Hbond substituents is 1. The van der Waals surface area contributed by atoms with E-state index in [0.29, 0.717) is 36.3 Å². The SMILES string of the molecule is COc1ccc([C@@H](CCC/C=C/C(=O)NO)OC(=O)Nc2ccc(C)cc2)cc1O. The van der Waals surface area contributed by atoms with Gasteiger partial charge < -0.3 is 14.6 Å². The van der Waals surface area contributed by atoms with Crippen LogP contribution in [-0.4, -0.2) is 29.4 Å². The van der Waals surface area contributed by atoms with Crippen molar-refractivity contribution in [1.82, 2.24) is 5.48 Å². The van der Waals surface area contributed by atoms with Gasteiger partial charge in [-0.05, 0) is 56.0 Å². The zero-order chi connectivity index (χ0) is 21.9. The molecule has 0 heterocycles. The largest absolute Gasteiger partial charge is 0.504 e. The Bertz CT molecular complexity index is 880. The Balaban J connectivity index is 2.06. The van der Waals surface area contributed by atoms with E-state index in [0.717, 1.165) is 5.56 Å². The van der Waals surface area contributed by atoms with Crippen LogP contribution in [0.2, 0.25) is 0 Å². The van der Waals surface area contributed by atoms with Crippen molar-refractivity contribution in [3.05, 3.63) is 65.7 Å². The van der Waals surface area contributed by atoms with Crippen molar-refractivity contribution in [2.75, 3.05) is 12.4 Å². The van der Waals surface area contributed by atoms with Crippen molar-refractivity contribution in [3.8, 4) is 11.5 Å². The zero-order valence-corrected chi connectivity index (χ0v) is 16.9. The summed E-state index contributed by atoms with van der Waals surface area (Å²) in [6.45, 7) is 1.95. The van der Waals surface area contributed by atoms with Gasteiger partial charge in [-0.25, -0.2) is 10.3 Å². The van der Waals surface area contributed by atoms with Crippen LogP contribution in [0.4, 0.5) is 10.5 Å². The maximum absolute atomic E-state index is 12.4. The minimum absolute atomic E-state index is 0.0537. The van der Waals surface area contributed by atoms with E-state index in [-0.39, 0.29) is 5.75 Å². The molecule has 0 spiro atoms. The maximum atomic E-state index is 12.4. The summed E-state index contributed by atoms with van der Waals surface area (Å²) in [5, 5.41) is 21.2. The molecule has 0 radical (unpaired) electrons. The van der Waals surface area contributed by atoms with Crippen LogP contribution in [0.5, 0.6) is 11.5 Å². The molecule has 0 aliphatic heterocycles. The summed E-state index contributed by atoms with van der Waals surface area (Å²) in [6, 6.07) is 12.1. The van der Waals surface area contributed by atoms with Crippen LogP contribution in [0.15, 0.2) is 54.6 Å². The monoisotopic (exact) mass is 414 g/mol. The molecule has 0 aliphatic rings. The molecule has 0 unspecified atom stereocenters. The second kappa shape index (κ2) is 11.5. The van der Waals surface area contributed by atoms with Crippen molar-refractivity contribution in [2.24, 2.45) is 0 Å². The van der Waals surface area contributed by atoms with Crippen LogP contribution in [0.1, 0.15) is 36.5 Å². The molecule has 1 atom stereocenters. The number of nitrogens with one attached hydrogen (secondary N) is 2. The number of aryl methyl sites for hydroxylation is 1. The summed E-state index contributed by atoms with van der Waals surface area (Å²) in [6.07, 6.45) is 3.19. The minimum atomic E-state index is -0.618. The molecule has 0 aromatic heterocycles. The van der Waals surface area contributed by atoms with Gasteiger partial charge in [0.25, 0.3) is 5.91 Å². The van der Waals surface area contributed by atoms with Gasteiger partial charge in [-0.15, -0.1) is 0 Å². The predicted octanol–water partition coefficient (Wildman–Crippen LogP) is 4.23. The number of ether oxygens (including phenoxy) is 2. The number of allylic oxidation sites excluding steroid dienone is 1. The van der Waals surface area contributed by atoms with Gasteiger partial charge in [0.2, 0.25) is 0 Å². The molecular weight excluding hydrogens is 388 g/mol. The average molecular weight is 414 g/mol. The molecule has 0 aliphatic carbocycles. The number of hydrogen-bond acceptors (Lipinski definition) is 6. The minimum Gasteiger partial charge on any atom is -0.504 e. The van der Waals surface area contributed by atoms with Crippen LogP contribution >= 0.6 is 0 Å². The molecular formula is C22H26N2O6. The highest BCUT2D eigenvalue weighted by molar-refractivity contribution is 5.86. The molecule has 0 saturated carbocycles. The van der Waals surface area contributed by atoms with Gasteiger partial charge in [0.05, 0.1) is 7.11 Å². The van der Waals surface area contributed by atoms with E-state index in [1.54, 1.807) is 30.3 Å². The number of hydroxylamine groups is 1. The normalized spacial score (nSPS) is 11.7. The number of phenols is 1. The lowest BCUT2D eigenvalue weighted by Crippen LogP contribution is -2.17. The van der Waals surface area contributed by atoms with E-state index < -0.39 is 18.1 Å². The maximum Gasteiger partial charge on any atom is 0.412 e. The predicted molar refractivity (Wildman–Crippen MR) is 112 cm³/mol. The highest BCUT2D eigenvalue weighted by atomic mass is 16.6. The summed E-state index contributed by atoms with van der Waals surface area (Å²) in [5.74, 6) is -0.345.